The van der Waals surface area contributed by atoms with Gasteiger partial charge in [-0.25, -0.2) is 4.79 Å². The first kappa shape index (κ1) is 21.3. The number of carbonyl (C=O) groups excluding carboxylic acids is 2. The third kappa shape index (κ3) is 6.31. The summed E-state index contributed by atoms with van der Waals surface area (Å²) >= 11 is 0. The van der Waals surface area contributed by atoms with Crippen LogP contribution in [-0.4, -0.2) is 49.7 Å². The van der Waals surface area contributed by atoms with Crippen LogP contribution in [0.2, 0.25) is 0 Å². The maximum absolute atomic E-state index is 12.4. The average molecular weight is 386 g/mol. The Morgan fingerprint density at radius 1 is 1.21 bits per heavy atom. The standard InChI is InChI=1S/C21H26N2O5/c1-16(21(25)23-12-5-3-4-6-13-23)28-20(24)10-8-17-7-9-18(27-14-11-22)19(15-17)26-2/h7-10,15-16H,3-6,12-14H2,1-2H3/b10-8+/t16-/m0/s1. The number of nitriles is 1. The number of likely N-dealkylation sites (tertiary alicyclic amines) is 1. The maximum atomic E-state index is 12.4. The predicted molar refractivity (Wildman–Crippen MR) is 104 cm³/mol. The maximum Gasteiger partial charge on any atom is 0.331 e. The lowest BCUT2D eigenvalue weighted by Gasteiger charge is -2.23. The SMILES string of the molecule is COc1cc(/C=C/C(=O)O[C@@H](C)C(=O)N2CCCCCC2)ccc1OCC#N. The number of hydrogen-bond acceptors (Lipinski definition) is 6. The third-order valence-electron chi connectivity index (χ3n) is 4.45. The summed E-state index contributed by atoms with van der Waals surface area (Å²) in [6.07, 6.45) is 6.27. The smallest absolute Gasteiger partial charge is 0.331 e. The van der Waals surface area contributed by atoms with Gasteiger partial charge in [0.2, 0.25) is 0 Å². The summed E-state index contributed by atoms with van der Waals surface area (Å²) in [5.74, 6) is 0.166. The Kier molecular flexibility index (Phi) is 8.35. The van der Waals surface area contributed by atoms with Crippen molar-refractivity contribution >= 4 is 18.0 Å². The molecule has 1 heterocycles. The molecule has 28 heavy (non-hydrogen) atoms. The van der Waals surface area contributed by atoms with Crippen LogP contribution in [-0.2, 0) is 14.3 Å². The molecule has 7 heteroatoms. The Balaban J connectivity index is 1.93. The molecule has 0 aliphatic carbocycles. The van der Waals surface area contributed by atoms with Crippen LogP contribution < -0.4 is 9.47 Å². The number of nitrogens with zero attached hydrogens (tertiary/aromatic N) is 2. The fourth-order valence-corrected chi connectivity index (χ4v) is 2.99. The highest BCUT2D eigenvalue weighted by atomic mass is 16.5. The van der Waals surface area contributed by atoms with Crippen molar-refractivity contribution in [3.05, 3.63) is 29.8 Å². The first-order valence-corrected chi connectivity index (χ1v) is 9.40. The van der Waals surface area contributed by atoms with Gasteiger partial charge in [0, 0.05) is 19.2 Å². The van der Waals surface area contributed by atoms with Crippen molar-refractivity contribution in [3.63, 3.8) is 0 Å². The van der Waals surface area contributed by atoms with E-state index >= 15 is 0 Å². The van der Waals surface area contributed by atoms with Crippen LogP contribution in [0.3, 0.4) is 0 Å². The van der Waals surface area contributed by atoms with Gasteiger partial charge in [0.1, 0.15) is 6.07 Å². The molecule has 0 unspecified atom stereocenters. The van der Waals surface area contributed by atoms with Gasteiger partial charge in [0.25, 0.3) is 5.91 Å². The van der Waals surface area contributed by atoms with E-state index in [1.807, 2.05) is 6.07 Å². The van der Waals surface area contributed by atoms with Gasteiger partial charge in [0.05, 0.1) is 7.11 Å². The van der Waals surface area contributed by atoms with E-state index < -0.39 is 12.1 Å². The van der Waals surface area contributed by atoms with Gasteiger partial charge in [-0.05, 0) is 43.5 Å². The summed E-state index contributed by atoms with van der Waals surface area (Å²) in [7, 11) is 1.49. The van der Waals surface area contributed by atoms with Crippen LogP contribution in [0.5, 0.6) is 11.5 Å². The van der Waals surface area contributed by atoms with E-state index in [-0.39, 0.29) is 12.5 Å². The first-order chi connectivity index (χ1) is 13.5. The van der Waals surface area contributed by atoms with E-state index in [2.05, 4.69) is 0 Å². The molecule has 1 aliphatic rings. The van der Waals surface area contributed by atoms with Crippen LogP contribution in [0, 0.1) is 11.3 Å². The predicted octanol–water partition coefficient (Wildman–Crippen LogP) is 2.95. The molecular formula is C21H26N2O5. The average Bonchev–Trinajstić information content (AvgIpc) is 2.99. The molecule has 0 aromatic heterocycles. The molecule has 0 N–H and O–H groups in total. The quantitative estimate of drug-likeness (QED) is 0.529. The van der Waals surface area contributed by atoms with Crippen molar-refractivity contribution in [3.8, 4) is 17.6 Å². The monoisotopic (exact) mass is 386 g/mol. The summed E-state index contributed by atoms with van der Waals surface area (Å²) in [6, 6.07) is 6.96. The van der Waals surface area contributed by atoms with Gasteiger partial charge < -0.3 is 19.1 Å². The molecule has 1 fully saturated rings. The molecule has 1 aromatic rings. The fraction of sp³-hybridized carbons (Fsp3) is 0.476. The molecule has 2 rings (SSSR count). The normalized spacial score (nSPS) is 15.4. The molecule has 1 saturated heterocycles. The highest BCUT2D eigenvalue weighted by Gasteiger charge is 2.23. The molecular weight excluding hydrogens is 360 g/mol. The fourth-order valence-electron chi connectivity index (χ4n) is 2.99. The minimum atomic E-state index is -0.813. The molecule has 1 amide bonds. The topological polar surface area (TPSA) is 88.9 Å². The lowest BCUT2D eigenvalue weighted by atomic mass is 10.2. The Labute approximate surface area is 165 Å². The number of benzene rings is 1. The minimum absolute atomic E-state index is 0.0825. The lowest BCUT2D eigenvalue weighted by Crippen LogP contribution is -2.40. The number of carbonyl (C=O) groups is 2. The number of rotatable bonds is 7. The molecule has 0 saturated carbocycles. The van der Waals surface area contributed by atoms with Gasteiger partial charge in [-0.3, -0.25) is 4.79 Å². The molecule has 1 atom stereocenters. The van der Waals surface area contributed by atoms with Crippen LogP contribution >= 0.6 is 0 Å². The summed E-state index contributed by atoms with van der Waals surface area (Å²) in [5, 5.41) is 8.59. The van der Waals surface area contributed by atoms with Crippen molar-refractivity contribution in [1.29, 1.82) is 5.26 Å². The Bertz CT molecular complexity index is 746. The van der Waals surface area contributed by atoms with Crippen LogP contribution in [0.4, 0.5) is 0 Å². The molecule has 0 spiro atoms. The highest BCUT2D eigenvalue weighted by Crippen LogP contribution is 2.28. The van der Waals surface area contributed by atoms with Gasteiger partial charge in [0.15, 0.2) is 24.2 Å². The summed E-state index contributed by atoms with van der Waals surface area (Å²) in [4.78, 5) is 26.3. The van der Waals surface area contributed by atoms with Gasteiger partial charge in [-0.15, -0.1) is 0 Å². The van der Waals surface area contributed by atoms with Crippen LogP contribution in [0.1, 0.15) is 38.2 Å². The molecule has 0 radical (unpaired) electrons. The van der Waals surface area contributed by atoms with Crippen molar-refractivity contribution < 1.29 is 23.8 Å². The number of hydrogen-bond donors (Lipinski definition) is 0. The zero-order valence-corrected chi connectivity index (χ0v) is 16.3. The Hall–Kier alpha value is -3.01. The number of methoxy groups -OCH3 is 1. The molecule has 1 aromatic carbocycles. The second kappa shape index (κ2) is 11.0. The zero-order chi connectivity index (χ0) is 20.4. The van der Waals surface area contributed by atoms with E-state index in [1.165, 1.54) is 13.2 Å². The third-order valence-corrected chi connectivity index (χ3v) is 4.45. The van der Waals surface area contributed by atoms with E-state index in [0.29, 0.717) is 17.1 Å². The molecule has 0 bridgehead atoms. The Morgan fingerprint density at radius 2 is 1.93 bits per heavy atom. The van der Waals surface area contributed by atoms with Crippen molar-refractivity contribution in [2.75, 3.05) is 26.8 Å². The van der Waals surface area contributed by atoms with Gasteiger partial charge in [-0.1, -0.05) is 18.9 Å². The van der Waals surface area contributed by atoms with Crippen molar-refractivity contribution in [2.24, 2.45) is 0 Å². The van der Waals surface area contributed by atoms with E-state index in [9.17, 15) is 9.59 Å². The van der Waals surface area contributed by atoms with E-state index in [1.54, 1.807) is 36.1 Å². The summed E-state index contributed by atoms with van der Waals surface area (Å²) in [6.45, 7) is 2.96. The van der Waals surface area contributed by atoms with Crippen LogP contribution in [0.15, 0.2) is 24.3 Å². The second-order valence-electron chi connectivity index (χ2n) is 6.51. The number of ether oxygens (including phenoxy) is 3. The second-order valence-corrected chi connectivity index (χ2v) is 6.51. The minimum Gasteiger partial charge on any atom is -0.493 e. The van der Waals surface area contributed by atoms with Gasteiger partial charge in [-0.2, -0.15) is 5.26 Å². The molecule has 7 nitrogen and oxygen atoms in total. The number of amides is 1. The Morgan fingerprint density at radius 3 is 2.57 bits per heavy atom. The molecule has 1 aliphatic heterocycles. The zero-order valence-electron chi connectivity index (χ0n) is 16.3. The highest BCUT2D eigenvalue weighted by molar-refractivity contribution is 5.90. The summed E-state index contributed by atoms with van der Waals surface area (Å²) in [5.41, 5.74) is 0.699. The summed E-state index contributed by atoms with van der Waals surface area (Å²) < 4.78 is 15.7. The van der Waals surface area contributed by atoms with E-state index in [0.717, 1.165) is 38.8 Å². The van der Waals surface area contributed by atoms with Crippen molar-refractivity contribution in [2.45, 2.75) is 38.7 Å². The largest absolute Gasteiger partial charge is 0.493 e. The number of esters is 1. The van der Waals surface area contributed by atoms with Crippen LogP contribution in [0.25, 0.3) is 6.08 Å². The van der Waals surface area contributed by atoms with Gasteiger partial charge >= 0.3 is 5.97 Å². The first-order valence-electron chi connectivity index (χ1n) is 9.40. The van der Waals surface area contributed by atoms with E-state index in [4.69, 9.17) is 19.5 Å². The lowest BCUT2D eigenvalue weighted by molar-refractivity contribution is -0.155. The van der Waals surface area contributed by atoms with Crippen molar-refractivity contribution in [1.82, 2.24) is 4.90 Å². The molecule has 150 valence electrons.